The highest BCUT2D eigenvalue weighted by Gasteiger charge is 2.27. The van der Waals surface area contributed by atoms with E-state index in [9.17, 15) is 13.2 Å². The molecule has 2 nitrogen and oxygen atoms in total. The minimum atomic E-state index is -4.17. The zero-order valence-corrected chi connectivity index (χ0v) is 8.95. The molecule has 0 unspecified atom stereocenters. The van der Waals surface area contributed by atoms with Gasteiger partial charge in [-0.15, -0.1) is 0 Å². The van der Waals surface area contributed by atoms with Crippen LogP contribution >= 0.6 is 11.8 Å². The van der Waals surface area contributed by atoms with Crippen molar-refractivity contribution >= 4 is 17.6 Å². The third-order valence-electron chi connectivity index (χ3n) is 1.78. The third-order valence-corrected chi connectivity index (χ3v) is 2.51. The Morgan fingerprint density at radius 2 is 2.13 bits per heavy atom. The van der Waals surface area contributed by atoms with Crippen molar-refractivity contribution in [3.63, 3.8) is 0 Å². The number of nitrogens with zero attached hydrogens (tertiary/aromatic N) is 1. The van der Waals surface area contributed by atoms with E-state index in [0.29, 0.717) is 11.4 Å². The molecule has 0 saturated carbocycles. The van der Waals surface area contributed by atoms with Crippen molar-refractivity contribution in [1.82, 2.24) is 4.98 Å². The van der Waals surface area contributed by atoms with E-state index in [1.54, 1.807) is 12.3 Å². The molecule has 0 radical (unpaired) electrons. The summed E-state index contributed by atoms with van der Waals surface area (Å²) < 4.78 is 35.6. The second kappa shape index (κ2) is 4.74. The molecule has 0 fully saturated rings. The molecule has 1 aromatic rings. The number of aryl methyl sites for hydroxylation is 2. The number of nitrogen functional groups attached to an aromatic ring is 1. The molecular formula is C9H11F3N2S. The Bertz CT molecular complexity index is 339. The second-order valence-corrected chi connectivity index (χ2v) is 4.26. The van der Waals surface area contributed by atoms with Crippen LogP contribution in [-0.4, -0.2) is 16.2 Å². The van der Waals surface area contributed by atoms with Gasteiger partial charge in [0.1, 0.15) is 5.82 Å². The van der Waals surface area contributed by atoms with E-state index in [1.165, 1.54) is 0 Å². The number of aromatic nitrogens is 1. The van der Waals surface area contributed by atoms with Gasteiger partial charge in [-0.1, -0.05) is 17.8 Å². The monoisotopic (exact) mass is 236 g/mol. The van der Waals surface area contributed by atoms with Crippen molar-refractivity contribution in [2.24, 2.45) is 0 Å². The first-order valence-corrected chi connectivity index (χ1v) is 5.29. The molecule has 0 aliphatic rings. The highest BCUT2D eigenvalue weighted by molar-refractivity contribution is 8.00. The number of halogens is 3. The van der Waals surface area contributed by atoms with Crippen LogP contribution in [0.3, 0.4) is 0 Å². The maximum Gasteiger partial charge on any atom is 0.441 e. The predicted octanol–water partition coefficient (Wildman–Crippen LogP) is 2.77. The van der Waals surface area contributed by atoms with Gasteiger partial charge in [0.05, 0.1) is 0 Å². The summed E-state index contributed by atoms with van der Waals surface area (Å²) in [6.07, 6.45) is 1.88. The summed E-state index contributed by atoms with van der Waals surface area (Å²) in [5.74, 6) is 0.280. The average molecular weight is 236 g/mol. The molecule has 1 rings (SSSR count). The van der Waals surface area contributed by atoms with Crippen molar-refractivity contribution in [1.29, 1.82) is 0 Å². The lowest BCUT2D eigenvalue weighted by Gasteiger charge is -2.07. The molecule has 0 aromatic carbocycles. The molecule has 0 aliphatic carbocycles. The molecule has 2 N–H and O–H groups in total. The largest absolute Gasteiger partial charge is 0.441 e. The van der Waals surface area contributed by atoms with Crippen LogP contribution < -0.4 is 5.73 Å². The summed E-state index contributed by atoms with van der Waals surface area (Å²) in [5.41, 5.74) is 2.94. The molecule has 6 heteroatoms. The van der Waals surface area contributed by atoms with Crippen LogP contribution in [0.2, 0.25) is 0 Å². The van der Waals surface area contributed by atoms with Gasteiger partial charge in [-0.25, -0.2) is 4.98 Å². The molecule has 0 saturated heterocycles. The van der Waals surface area contributed by atoms with Crippen LogP contribution in [0.15, 0.2) is 12.3 Å². The summed E-state index contributed by atoms with van der Waals surface area (Å²) in [7, 11) is 0. The van der Waals surface area contributed by atoms with Crippen molar-refractivity contribution in [2.75, 3.05) is 11.5 Å². The fraction of sp³-hybridized carbons (Fsp3) is 0.444. The zero-order valence-electron chi connectivity index (χ0n) is 8.14. The van der Waals surface area contributed by atoms with E-state index in [-0.39, 0.29) is 23.9 Å². The molecule has 15 heavy (non-hydrogen) atoms. The Morgan fingerprint density at radius 3 is 2.73 bits per heavy atom. The predicted molar refractivity (Wildman–Crippen MR) is 55.6 cm³/mol. The van der Waals surface area contributed by atoms with E-state index >= 15 is 0 Å². The molecular weight excluding hydrogens is 225 g/mol. The van der Waals surface area contributed by atoms with Crippen molar-refractivity contribution < 1.29 is 13.2 Å². The highest BCUT2D eigenvalue weighted by Crippen LogP contribution is 2.30. The van der Waals surface area contributed by atoms with Gasteiger partial charge in [-0.3, -0.25) is 0 Å². The molecule has 0 aliphatic heterocycles. The summed E-state index contributed by atoms with van der Waals surface area (Å²) in [5, 5.41) is 0. The Balaban J connectivity index is 2.54. The fourth-order valence-electron chi connectivity index (χ4n) is 1.12. The van der Waals surface area contributed by atoms with Gasteiger partial charge in [0.25, 0.3) is 0 Å². The highest BCUT2D eigenvalue weighted by atomic mass is 32.2. The Morgan fingerprint density at radius 1 is 1.47 bits per heavy atom. The number of nitrogens with two attached hydrogens (primary N) is 1. The zero-order chi connectivity index (χ0) is 11.5. The lowest BCUT2D eigenvalue weighted by Crippen LogP contribution is -2.05. The van der Waals surface area contributed by atoms with Crippen molar-refractivity contribution in [2.45, 2.75) is 18.9 Å². The molecule has 0 atom stereocenters. The normalized spacial score (nSPS) is 11.7. The second-order valence-electron chi connectivity index (χ2n) is 3.10. The Hall–Kier alpha value is -0.910. The van der Waals surface area contributed by atoms with E-state index in [4.69, 9.17) is 5.73 Å². The molecule has 0 spiro atoms. The summed E-state index contributed by atoms with van der Waals surface area (Å²) in [6, 6.07) is 1.76. The Kier molecular flexibility index (Phi) is 3.84. The van der Waals surface area contributed by atoms with Crippen LogP contribution in [0, 0.1) is 6.92 Å². The molecule has 0 bridgehead atoms. The molecule has 0 amide bonds. The van der Waals surface area contributed by atoms with Gasteiger partial charge >= 0.3 is 5.51 Å². The van der Waals surface area contributed by atoms with Crippen molar-refractivity contribution in [3.8, 4) is 0 Å². The van der Waals surface area contributed by atoms with Gasteiger partial charge < -0.3 is 5.73 Å². The minimum absolute atomic E-state index is 0.0289. The van der Waals surface area contributed by atoms with Gasteiger partial charge in [-0.05, 0) is 24.5 Å². The first-order chi connectivity index (χ1) is 6.88. The summed E-state index contributed by atoms with van der Waals surface area (Å²) in [6.45, 7) is 1.83. The maximum atomic E-state index is 11.9. The quantitative estimate of drug-likeness (QED) is 0.877. The van der Waals surface area contributed by atoms with Crippen LogP contribution in [-0.2, 0) is 6.42 Å². The Labute approximate surface area is 90.1 Å². The maximum absolute atomic E-state index is 11.9. The van der Waals surface area contributed by atoms with E-state index in [0.717, 1.165) is 5.56 Å². The van der Waals surface area contributed by atoms with Crippen LogP contribution in [0.5, 0.6) is 0 Å². The number of hydrogen-bond donors (Lipinski definition) is 1. The smallest absolute Gasteiger partial charge is 0.383 e. The van der Waals surface area contributed by atoms with E-state index in [2.05, 4.69) is 4.98 Å². The first-order valence-electron chi connectivity index (χ1n) is 4.30. The van der Waals surface area contributed by atoms with Gasteiger partial charge in [0.15, 0.2) is 0 Å². The summed E-state index contributed by atoms with van der Waals surface area (Å²) >= 11 is -0.0404. The molecule has 84 valence electrons. The van der Waals surface area contributed by atoms with Gasteiger partial charge in [-0.2, -0.15) is 13.2 Å². The topological polar surface area (TPSA) is 38.9 Å². The number of rotatable bonds is 3. The standard InChI is InChI=1S/C9H11F3N2S/c1-6-4-7(8(13)14-5-6)2-3-15-9(10,11)12/h4-5H,2-3H2,1H3,(H2,13,14). The van der Waals surface area contributed by atoms with Crippen LogP contribution in [0.4, 0.5) is 19.0 Å². The molecule has 1 heterocycles. The number of anilines is 1. The van der Waals surface area contributed by atoms with Gasteiger partial charge in [0, 0.05) is 11.9 Å². The number of hydrogen-bond acceptors (Lipinski definition) is 3. The van der Waals surface area contributed by atoms with Crippen LogP contribution in [0.1, 0.15) is 11.1 Å². The van der Waals surface area contributed by atoms with E-state index in [1.807, 2.05) is 6.92 Å². The van der Waals surface area contributed by atoms with Crippen LogP contribution in [0.25, 0.3) is 0 Å². The third kappa shape index (κ3) is 4.42. The number of alkyl halides is 3. The van der Waals surface area contributed by atoms with E-state index < -0.39 is 5.51 Å². The fourth-order valence-corrected chi connectivity index (χ4v) is 1.67. The lowest BCUT2D eigenvalue weighted by molar-refractivity contribution is -0.0327. The first kappa shape index (κ1) is 12.2. The SMILES string of the molecule is Cc1cnc(N)c(CCSC(F)(F)F)c1. The van der Waals surface area contributed by atoms with Gasteiger partial charge in [0.2, 0.25) is 0 Å². The lowest BCUT2D eigenvalue weighted by atomic mass is 10.1. The van der Waals surface area contributed by atoms with Crippen molar-refractivity contribution in [3.05, 3.63) is 23.4 Å². The minimum Gasteiger partial charge on any atom is -0.383 e. The number of thioether (sulfide) groups is 1. The summed E-state index contributed by atoms with van der Waals surface area (Å²) in [4.78, 5) is 3.88. The number of pyridine rings is 1. The molecule has 1 aromatic heterocycles. The average Bonchev–Trinajstić information content (AvgIpc) is 2.09.